The number of nitrogens with zero attached hydrogens (tertiary/aromatic N) is 1. The Labute approximate surface area is 141 Å². The molecule has 0 aliphatic heterocycles. The summed E-state index contributed by atoms with van der Waals surface area (Å²) in [7, 11) is 0. The standard InChI is InChI=1S/C19H17NO2.ClH/c1-2-14-16(12-18(21)22)15-10-6-7-11-17(15)20-19(14)13-8-4-3-5-9-13;/h3-11H,2,12H2,1H3,(H,21,22);1H. The molecule has 1 heterocycles. The van der Waals surface area contributed by atoms with Gasteiger partial charge in [0.25, 0.3) is 0 Å². The molecule has 0 radical (unpaired) electrons. The first-order valence-corrected chi connectivity index (χ1v) is 7.38. The van der Waals surface area contributed by atoms with Crippen LogP contribution in [0.1, 0.15) is 18.1 Å². The smallest absolute Gasteiger partial charge is 0.307 e. The average Bonchev–Trinajstić information content (AvgIpc) is 2.55. The van der Waals surface area contributed by atoms with Crippen LogP contribution in [-0.4, -0.2) is 16.1 Å². The van der Waals surface area contributed by atoms with E-state index < -0.39 is 5.97 Å². The molecule has 0 atom stereocenters. The lowest BCUT2D eigenvalue weighted by Gasteiger charge is -2.15. The van der Waals surface area contributed by atoms with E-state index in [0.717, 1.165) is 39.7 Å². The zero-order valence-electron chi connectivity index (χ0n) is 12.8. The molecule has 0 aliphatic carbocycles. The molecule has 0 amide bonds. The molecule has 3 rings (SSSR count). The molecule has 0 aliphatic rings. The molecule has 0 saturated heterocycles. The first-order valence-electron chi connectivity index (χ1n) is 7.38. The van der Waals surface area contributed by atoms with E-state index in [1.165, 1.54) is 0 Å². The average molecular weight is 328 g/mol. The normalized spacial score (nSPS) is 10.3. The largest absolute Gasteiger partial charge is 0.481 e. The minimum absolute atomic E-state index is 0. The van der Waals surface area contributed by atoms with Gasteiger partial charge in [-0.1, -0.05) is 55.5 Å². The van der Waals surface area contributed by atoms with E-state index in [0.29, 0.717) is 0 Å². The van der Waals surface area contributed by atoms with Gasteiger partial charge in [-0.3, -0.25) is 4.79 Å². The fourth-order valence-electron chi connectivity index (χ4n) is 2.89. The van der Waals surface area contributed by atoms with Gasteiger partial charge in [0.2, 0.25) is 0 Å². The van der Waals surface area contributed by atoms with Crippen LogP contribution in [0, 0.1) is 0 Å². The molecule has 23 heavy (non-hydrogen) atoms. The van der Waals surface area contributed by atoms with Crippen molar-refractivity contribution in [2.24, 2.45) is 0 Å². The molecule has 0 bridgehead atoms. The third kappa shape index (κ3) is 3.35. The van der Waals surface area contributed by atoms with Gasteiger partial charge in [-0.05, 0) is 23.6 Å². The maximum absolute atomic E-state index is 11.3. The molecule has 0 spiro atoms. The number of carbonyl (C=O) groups is 1. The lowest BCUT2D eigenvalue weighted by molar-refractivity contribution is -0.136. The summed E-state index contributed by atoms with van der Waals surface area (Å²) >= 11 is 0. The number of fused-ring (bicyclic) bond motifs is 1. The zero-order chi connectivity index (χ0) is 15.5. The molecule has 3 aromatic rings. The zero-order valence-corrected chi connectivity index (χ0v) is 13.6. The van der Waals surface area contributed by atoms with Crippen molar-refractivity contribution in [2.75, 3.05) is 0 Å². The van der Waals surface area contributed by atoms with Crippen molar-refractivity contribution in [3.63, 3.8) is 0 Å². The van der Waals surface area contributed by atoms with Gasteiger partial charge in [-0.2, -0.15) is 0 Å². The summed E-state index contributed by atoms with van der Waals surface area (Å²) in [5, 5.41) is 10.2. The number of halogens is 1. The predicted molar refractivity (Wildman–Crippen MR) is 95.1 cm³/mol. The minimum atomic E-state index is -0.815. The van der Waals surface area contributed by atoms with Crippen LogP contribution in [0.2, 0.25) is 0 Å². The second kappa shape index (κ2) is 7.25. The Morgan fingerprint density at radius 2 is 1.65 bits per heavy atom. The van der Waals surface area contributed by atoms with Crippen molar-refractivity contribution in [3.05, 3.63) is 65.7 Å². The Balaban J connectivity index is 0.00000192. The van der Waals surface area contributed by atoms with Crippen molar-refractivity contribution < 1.29 is 9.90 Å². The summed E-state index contributed by atoms with van der Waals surface area (Å²) in [6.45, 7) is 2.05. The van der Waals surface area contributed by atoms with E-state index >= 15 is 0 Å². The molecule has 1 aromatic heterocycles. The molecular weight excluding hydrogens is 310 g/mol. The number of pyridine rings is 1. The second-order valence-corrected chi connectivity index (χ2v) is 5.22. The number of hydrogen-bond donors (Lipinski definition) is 1. The SMILES string of the molecule is CCc1c(-c2ccccc2)nc2ccccc2c1CC(=O)O.Cl. The van der Waals surface area contributed by atoms with Crippen LogP contribution >= 0.6 is 12.4 Å². The third-order valence-electron chi connectivity index (χ3n) is 3.84. The lowest BCUT2D eigenvalue weighted by Crippen LogP contribution is -2.07. The van der Waals surface area contributed by atoms with Gasteiger partial charge < -0.3 is 5.11 Å². The van der Waals surface area contributed by atoms with E-state index in [1.807, 2.05) is 61.5 Å². The van der Waals surface area contributed by atoms with Gasteiger partial charge in [-0.25, -0.2) is 4.98 Å². The van der Waals surface area contributed by atoms with Gasteiger partial charge in [0, 0.05) is 10.9 Å². The van der Waals surface area contributed by atoms with Crippen molar-refractivity contribution >= 4 is 29.3 Å². The maximum atomic E-state index is 11.3. The highest BCUT2D eigenvalue weighted by Crippen LogP contribution is 2.30. The van der Waals surface area contributed by atoms with Gasteiger partial charge >= 0.3 is 5.97 Å². The second-order valence-electron chi connectivity index (χ2n) is 5.22. The van der Waals surface area contributed by atoms with Crippen LogP contribution in [-0.2, 0) is 17.6 Å². The summed E-state index contributed by atoms with van der Waals surface area (Å²) in [6, 6.07) is 17.7. The van der Waals surface area contributed by atoms with Crippen LogP contribution in [0.25, 0.3) is 22.2 Å². The van der Waals surface area contributed by atoms with Crippen LogP contribution in [0.5, 0.6) is 0 Å². The van der Waals surface area contributed by atoms with E-state index in [2.05, 4.69) is 0 Å². The number of carboxylic acid groups (broad SMARTS) is 1. The van der Waals surface area contributed by atoms with Crippen LogP contribution in [0.3, 0.4) is 0 Å². The van der Waals surface area contributed by atoms with Crippen LogP contribution in [0.15, 0.2) is 54.6 Å². The topological polar surface area (TPSA) is 50.2 Å². The first-order chi connectivity index (χ1) is 10.7. The molecule has 3 nitrogen and oxygen atoms in total. The Kier molecular flexibility index (Phi) is 5.35. The summed E-state index contributed by atoms with van der Waals surface area (Å²) < 4.78 is 0. The maximum Gasteiger partial charge on any atom is 0.307 e. The Bertz CT molecular complexity index is 831. The number of aromatic nitrogens is 1. The Hall–Kier alpha value is -2.39. The fourth-order valence-corrected chi connectivity index (χ4v) is 2.89. The molecule has 118 valence electrons. The predicted octanol–water partition coefficient (Wildman–Crippen LogP) is 4.51. The Morgan fingerprint density at radius 1 is 1.00 bits per heavy atom. The highest BCUT2D eigenvalue weighted by Gasteiger charge is 2.16. The van der Waals surface area contributed by atoms with E-state index in [1.54, 1.807) is 0 Å². The van der Waals surface area contributed by atoms with Gasteiger partial charge in [0.1, 0.15) is 0 Å². The lowest BCUT2D eigenvalue weighted by atomic mass is 9.93. The van der Waals surface area contributed by atoms with Gasteiger partial charge in [0.05, 0.1) is 17.6 Å². The van der Waals surface area contributed by atoms with Crippen LogP contribution < -0.4 is 0 Å². The monoisotopic (exact) mass is 327 g/mol. The van der Waals surface area contributed by atoms with E-state index in [-0.39, 0.29) is 18.8 Å². The fraction of sp³-hybridized carbons (Fsp3) is 0.158. The summed E-state index contributed by atoms with van der Waals surface area (Å²) in [6.07, 6.45) is 0.775. The molecule has 4 heteroatoms. The summed E-state index contributed by atoms with van der Waals surface area (Å²) in [5.41, 5.74) is 4.65. The minimum Gasteiger partial charge on any atom is -0.481 e. The molecule has 1 N–H and O–H groups in total. The first kappa shape index (κ1) is 17.0. The van der Waals surface area contributed by atoms with Crippen LogP contribution in [0.4, 0.5) is 0 Å². The van der Waals surface area contributed by atoms with Crippen molar-refractivity contribution in [1.29, 1.82) is 0 Å². The molecule has 0 unspecified atom stereocenters. The highest BCUT2D eigenvalue weighted by atomic mass is 35.5. The number of rotatable bonds is 4. The number of hydrogen-bond acceptors (Lipinski definition) is 2. The van der Waals surface area contributed by atoms with Gasteiger partial charge in [-0.15, -0.1) is 12.4 Å². The van der Waals surface area contributed by atoms with E-state index in [4.69, 9.17) is 4.98 Å². The number of para-hydroxylation sites is 1. The summed E-state index contributed by atoms with van der Waals surface area (Å²) in [5.74, 6) is -0.815. The highest BCUT2D eigenvalue weighted by molar-refractivity contribution is 5.90. The molecule has 2 aromatic carbocycles. The summed E-state index contributed by atoms with van der Waals surface area (Å²) in [4.78, 5) is 16.1. The number of benzene rings is 2. The van der Waals surface area contributed by atoms with E-state index in [9.17, 15) is 9.90 Å². The molecule has 0 fully saturated rings. The quantitative estimate of drug-likeness (QED) is 0.766. The third-order valence-corrected chi connectivity index (χ3v) is 3.84. The van der Waals surface area contributed by atoms with Crippen molar-refractivity contribution in [3.8, 4) is 11.3 Å². The molecule has 0 saturated carbocycles. The Morgan fingerprint density at radius 3 is 2.30 bits per heavy atom. The van der Waals surface area contributed by atoms with Crippen molar-refractivity contribution in [2.45, 2.75) is 19.8 Å². The van der Waals surface area contributed by atoms with Crippen molar-refractivity contribution in [1.82, 2.24) is 4.98 Å². The number of aliphatic carboxylic acids is 1. The number of carboxylic acids is 1. The van der Waals surface area contributed by atoms with Gasteiger partial charge in [0.15, 0.2) is 0 Å². The molecular formula is C19H18ClNO2.